The van der Waals surface area contributed by atoms with Crippen LogP contribution >= 0.6 is 11.6 Å². The minimum atomic E-state index is -0.588. The van der Waals surface area contributed by atoms with Crippen LogP contribution in [-0.4, -0.2) is 32.6 Å². The number of aryl methyl sites for hydroxylation is 2. The normalized spacial score (nSPS) is 21.6. The van der Waals surface area contributed by atoms with Crippen LogP contribution in [-0.2, 0) is 11.3 Å². The monoisotopic (exact) mass is 477 g/mol. The minimum Gasteiger partial charge on any atom is -0.339 e. The van der Waals surface area contributed by atoms with E-state index in [1.54, 1.807) is 29.2 Å². The average Bonchev–Trinajstić information content (AvgIpc) is 3.21. The third-order valence-electron chi connectivity index (χ3n) is 7.10. The van der Waals surface area contributed by atoms with Crippen molar-refractivity contribution in [2.45, 2.75) is 45.7 Å². The number of pyridine rings is 1. The highest BCUT2D eigenvalue weighted by Gasteiger charge is 2.49. The molecule has 2 saturated carbocycles. The molecule has 1 aromatic carbocycles. The SMILES string of the molecule is CCn1nccc1C(=O)N[C@@H](C(=O)Nc1ccc(-c2c(Cl)ccnc2C)cc1)C1C[C@@H]2C[C@@H]2C1. The van der Waals surface area contributed by atoms with E-state index < -0.39 is 6.04 Å². The number of halogens is 1. The molecule has 2 aliphatic rings. The molecule has 4 atom stereocenters. The summed E-state index contributed by atoms with van der Waals surface area (Å²) in [5, 5.41) is 10.8. The molecule has 2 amide bonds. The fourth-order valence-corrected chi connectivity index (χ4v) is 5.55. The smallest absolute Gasteiger partial charge is 0.270 e. The molecular weight excluding hydrogens is 450 g/mol. The molecule has 3 aromatic rings. The number of rotatable bonds is 7. The van der Waals surface area contributed by atoms with E-state index in [0.29, 0.717) is 34.8 Å². The number of hydrogen-bond donors (Lipinski definition) is 2. The molecule has 0 bridgehead atoms. The Morgan fingerprint density at radius 2 is 1.82 bits per heavy atom. The van der Waals surface area contributed by atoms with Crippen molar-refractivity contribution in [1.29, 1.82) is 0 Å². The molecule has 2 heterocycles. The summed E-state index contributed by atoms with van der Waals surface area (Å²) in [6.45, 7) is 4.44. The summed E-state index contributed by atoms with van der Waals surface area (Å²) in [6.07, 6.45) is 6.50. The molecule has 34 heavy (non-hydrogen) atoms. The Morgan fingerprint density at radius 3 is 2.50 bits per heavy atom. The molecule has 2 fully saturated rings. The maximum Gasteiger partial charge on any atom is 0.270 e. The number of amides is 2. The van der Waals surface area contributed by atoms with Gasteiger partial charge >= 0.3 is 0 Å². The predicted molar refractivity (Wildman–Crippen MR) is 132 cm³/mol. The van der Waals surface area contributed by atoms with Crippen LogP contribution in [0.3, 0.4) is 0 Å². The second kappa shape index (κ2) is 9.22. The summed E-state index contributed by atoms with van der Waals surface area (Å²) in [7, 11) is 0. The van der Waals surface area contributed by atoms with Crippen LogP contribution in [0.2, 0.25) is 5.02 Å². The van der Waals surface area contributed by atoms with E-state index >= 15 is 0 Å². The minimum absolute atomic E-state index is 0.141. The number of hydrogen-bond acceptors (Lipinski definition) is 4. The summed E-state index contributed by atoms with van der Waals surface area (Å²) in [4.78, 5) is 30.7. The van der Waals surface area contributed by atoms with Crippen LogP contribution in [0, 0.1) is 24.7 Å². The summed E-state index contributed by atoms with van der Waals surface area (Å²) in [5.74, 6) is 1.08. The largest absolute Gasteiger partial charge is 0.339 e. The van der Waals surface area contributed by atoms with Crippen LogP contribution in [0.4, 0.5) is 5.69 Å². The maximum atomic E-state index is 13.4. The maximum absolute atomic E-state index is 13.4. The molecule has 8 heteroatoms. The van der Waals surface area contributed by atoms with Crippen molar-refractivity contribution in [2.24, 2.45) is 17.8 Å². The van der Waals surface area contributed by atoms with Crippen molar-refractivity contribution in [1.82, 2.24) is 20.1 Å². The third-order valence-corrected chi connectivity index (χ3v) is 7.41. The van der Waals surface area contributed by atoms with Gasteiger partial charge in [0, 0.05) is 35.9 Å². The van der Waals surface area contributed by atoms with Crippen LogP contribution in [0.5, 0.6) is 0 Å². The van der Waals surface area contributed by atoms with Crippen molar-refractivity contribution < 1.29 is 9.59 Å². The number of carbonyl (C=O) groups is 2. The predicted octanol–water partition coefficient (Wildman–Crippen LogP) is 4.71. The van der Waals surface area contributed by atoms with Gasteiger partial charge in [-0.15, -0.1) is 0 Å². The fraction of sp³-hybridized carbons (Fsp3) is 0.385. The number of anilines is 1. The average molecular weight is 478 g/mol. The van der Waals surface area contributed by atoms with E-state index in [-0.39, 0.29) is 17.7 Å². The van der Waals surface area contributed by atoms with Crippen LogP contribution in [0.15, 0.2) is 48.8 Å². The zero-order valence-corrected chi connectivity index (χ0v) is 20.0. The Morgan fingerprint density at radius 1 is 1.09 bits per heavy atom. The van der Waals surface area contributed by atoms with Gasteiger partial charge in [-0.25, -0.2) is 0 Å². The van der Waals surface area contributed by atoms with Crippen LogP contribution in [0.1, 0.15) is 42.4 Å². The molecule has 176 valence electrons. The van der Waals surface area contributed by atoms with Gasteiger partial charge in [-0.3, -0.25) is 19.3 Å². The molecule has 2 aliphatic carbocycles. The van der Waals surface area contributed by atoms with Crippen LogP contribution < -0.4 is 10.6 Å². The molecule has 0 radical (unpaired) electrons. The number of aromatic nitrogens is 3. The molecule has 2 aromatic heterocycles. The van der Waals surface area contributed by atoms with Gasteiger partial charge in [0.15, 0.2) is 0 Å². The first-order chi connectivity index (χ1) is 16.4. The van der Waals surface area contributed by atoms with Gasteiger partial charge in [0.25, 0.3) is 5.91 Å². The topological polar surface area (TPSA) is 88.9 Å². The van der Waals surface area contributed by atoms with Gasteiger partial charge in [0.05, 0.1) is 5.02 Å². The van der Waals surface area contributed by atoms with Gasteiger partial charge in [-0.05, 0) is 80.7 Å². The number of fused-ring (bicyclic) bond motifs is 1. The first kappa shape index (κ1) is 22.6. The lowest BCUT2D eigenvalue weighted by Gasteiger charge is -2.25. The van der Waals surface area contributed by atoms with Crippen molar-refractivity contribution in [3.05, 3.63) is 65.2 Å². The van der Waals surface area contributed by atoms with Crippen molar-refractivity contribution >= 4 is 29.1 Å². The van der Waals surface area contributed by atoms with Gasteiger partial charge in [0.2, 0.25) is 5.91 Å². The van der Waals surface area contributed by atoms with Gasteiger partial charge < -0.3 is 10.6 Å². The highest BCUT2D eigenvalue weighted by Crippen LogP contribution is 2.55. The molecular formula is C26H28ClN5O2. The second-order valence-electron chi connectivity index (χ2n) is 9.29. The van der Waals surface area contributed by atoms with Crippen molar-refractivity contribution in [2.75, 3.05) is 5.32 Å². The van der Waals surface area contributed by atoms with Crippen molar-refractivity contribution in [3.63, 3.8) is 0 Å². The lowest BCUT2D eigenvalue weighted by molar-refractivity contribution is -0.119. The Labute approximate surface area is 203 Å². The van der Waals surface area contributed by atoms with E-state index in [9.17, 15) is 9.59 Å². The highest BCUT2D eigenvalue weighted by molar-refractivity contribution is 6.33. The third kappa shape index (κ3) is 4.44. The number of benzene rings is 1. The number of nitrogens with zero attached hydrogens (tertiary/aromatic N) is 3. The summed E-state index contributed by atoms with van der Waals surface area (Å²) in [6, 6.07) is 10.4. The highest BCUT2D eigenvalue weighted by atomic mass is 35.5. The Bertz CT molecular complexity index is 1190. The molecule has 1 unspecified atom stereocenters. The molecule has 5 rings (SSSR count). The van der Waals surface area contributed by atoms with E-state index in [1.165, 1.54) is 6.42 Å². The molecule has 7 nitrogen and oxygen atoms in total. The van der Waals surface area contributed by atoms with Gasteiger partial charge in [-0.2, -0.15) is 5.10 Å². The molecule has 0 aliphatic heterocycles. The van der Waals surface area contributed by atoms with Crippen LogP contribution in [0.25, 0.3) is 11.1 Å². The number of carbonyl (C=O) groups excluding carboxylic acids is 2. The van der Waals surface area contributed by atoms with Gasteiger partial charge in [-0.1, -0.05) is 23.7 Å². The summed E-state index contributed by atoms with van der Waals surface area (Å²) in [5.41, 5.74) is 3.80. The summed E-state index contributed by atoms with van der Waals surface area (Å²) < 4.78 is 1.64. The first-order valence-corrected chi connectivity index (χ1v) is 12.2. The lowest BCUT2D eigenvalue weighted by Crippen LogP contribution is -2.48. The van der Waals surface area contributed by atoms with E-state index in [1.807, 2.05) is 38.1 Å². The molecule has 0 spiro atoms. The lowest BCUT2D eigenvalue weighted by atomic mass is 9.93. The summed E-state index contributed by atoms with van der Waals surface area (Å²) >= 11 is 6.37. The quantitative estimate of drug-likeness (QED) is 0.515. The molecule has 0 saturated heterocycles. The number of nitrogens with one attached hydrogen (secondary N) is 2. The van der Waals surface area contributed by atoms with E-state index in [4.69, 9.17) is 11.6 Å². The van der Waals surface area contributed by atoms with Crippen molar-refractivity contribution in [3.8, 4) is 11.1 Å². The molecule has 2 N–H and O–H groups in total. The van der Waals surface area contributed by atoms with Gasteiger partial charge in [0.1, 0.15) is 11.7 Å². The van der Waals surface area contributed by atoms with E-state index in [2.05, 4.69) is 20.7 Å². The second-order valence-corrected chi connectivity index (χ2v) is 9.70. The van der Waals surface area contributed by atoms with E-state index in [0.717, 1.165) is 29.7 Å². The Balaban J connectivity index is 1.33. The Hall–Kier alpha value is -3.19. The fourth-order valence-electron chi connectivity index (χ4n) is 5.25. The first-order valence-electron chi connectivity index (χ1n) is 11.8. The zero-order chi connectivity index (χ0) is 23.8. The standard InChI is InChI=1S/C26H28ClN5O2/c1-3-32-22(9-11-29-32)25(33)31-24(19-13-17-12-18(17)14-19)26(34)30-20-6-4-16(5-7-20)23-15(2)28-10-8-21(23)27/h4-11,17-19,24H,3,12-14H2,1-2H3,(H,30,34)(H,31,33)/t17-,18+,19?,24-/m1/s1. The zero-order valence-electron chi connectivity index (χ0n) is 19.3. The Kier molecular flexibility index (Phi) is 6.13.